The minimum Gasteiger partial charge on any atom is -0.504 e. The van der Waals surface area contributed by atoms with Crippen molar-refractivity contribution in [1.29, 1.82) is 0 Å². The smallest absolute Gasteiger partial charge is 0.293 e. The van der Waals surface area contributed by atoms with Crippen LogP contribution in [-0.2, 0) is 9.53 Å². The molecule has 1 aromatic heterocycles. The zero-order valence-corrected chi connectivity index (χ0v) is 19.5. The summed E-state index contributed by atoms with van der Waals surface area (Å²) in [6.07, 6.45) is 4.41. The van der Waals surface area contributed by atoms with Crippen molar-refractivity contribution in [3.63, 3.8) is 0 Å². The zero-order valence-electron chi connectivity index (χ0n) is 17.1. The molecule has 3 rings (SSSR count). The number of amides is 2. The maximum atomic E-state index is 12.2. The van der Waals surface area contributed by atoms with Crippen LogP contribution in [0.2, 0.25) is 0 Å². The highest BCUT2D eigenvalue weighted by atomic mass is 79.9. The van der Waals surface area contributed by atoms with Crippen molar-refractivity contribution < 1.29 is 24.2 Å². The quantitative estimate of drug-likeness (QED) is 0.405. The van der Waals surface area contributed by atoms with Crippen LogP contribution < -0.4 is 10.1 Å². The molecule has 0 bridgehead atoms. The Labute approximate surface area is 192 Å². The van der Waals surface area contributed by atoms with Gasteiger partial charge in [0.2, 0.25) is 5.95 Å². The molecule has 31 heavy (non-hydrogen) atoms. The minimum atomic E-state index is -0.448. The van der Waals surface area contributed by atoms with Gasteiger partial charge in [-0.15, -0.1) is 0 Å². The second kappa shape index (κ2) is 10.1. The average molecular weight is 509 g/mol. The van der Waals surface area contributed by atoms with Crippen molar-refractivity contribution in [2.75, 3.05) is 32.6 Å². The van der Waals surface area contributed by atoms with Crippen LogP contribution in [0.4, 0.5) is 10.7 Å². The highest BCUT2D eigenvalue weighted by Gasteiger charge is 2.32. The number of hydrogen-bond donors (Lipinski definition) is 2. The number of hydrogen-bond acceptors (Lipinski definition) is 9. The van der Waals surface area contributed by atoms with Gasteiger partial charge in [-0.3, -0.25) is 14.5 Å². The summed E-state index contributed by atoms with van der Waals surface area (Å²) in [5.41, 5.74) is 1.31. The first-order chi connectivity index (χ1) is 14.8. The highest BCUT2D eigenvalue weighted by Crippen LogP contribution is 2.38. The standard InChI is InChI=1S/C20H21BrN4O5S/c1-11(13-9-23-19(24-10-13)22-4-5-29-3)30-16-6-12(14(21)8-15(16)26)7-17-18(27)25(2)20(28)31-17/h6-11,26H,4-5H2,1-3H3,(H,22,23,24)/b17-7-. The monoisotopic (exact) mass is 508 g/mol. The van der Waals surface area contributed by atoms with E-state index in [2.05, 4.69) is 31.2 Å². The fraction of sp³-hybridized carbons (Fsp3) is 0.300. The van der Waals surface area contributed by atoms with Crippen molar-refractivity contribution >= 4 is 50.9 Å². The molecule has 1 saturated heterocycles. The lowest BCUT2D eigenvalue weighted by Gasteiger charge is -2.17. The number of benzene rings is 1. The first kappa shape index (κ1) is 23.0. The summed E-state index contributed by atoms with van der Waals surface area (Å²) < 4.78 is 11.4. The number of ether oxygens (including phenoxy) is 2. The summed E-state index contributed by atoms with van der Waals surface area (Å²) in [5, 5.41) is 13.0. The Kier molecular flexibility index (Phi) is 7.52. The molecular formula is C20H21BrN4O5S. The summed E-state index contributed by atoms with van der Waals surface area (Å²) in [4.78, 5) is 33.7. The molecule has 2 aromatic rings. The van der Waals surface area contributed by atoms with E-state index in [1.54, 1.807) is 38.6 Å². The molecule has 1 unspecified atom stereocenters. The Hall–Kier alpha value is -2.63. The van der Waals surface area contributed by atoms with Gasteiger partial charge in [0.15, 0.2) is 11.5 Å². The van der Waals surface area contributed by atoms with E-state index >= 15 is 0 Å². The first-order valence-electron chi connectivity index (χ1n) is 9.25. The molecule has 0 aliphatic carbocycles. The lowest BCUT2D eigenvalue weighted by atomic mass is 10.1. The molecule has 1 aliphatic rings. The Balaban J connectivity index is 1.76. The minimum absolute atomic E-state index is 0.0711. The largest absolute Gasteiger partial charge is 0.504 e. The summed E-state index contributed by atoms with van der Waals surface area (Å²) >= 11 is 4.23. The third kappa shape index (κ3) is 5.54. The van der Waals surface area contributed by atoms with Gasteiger partial charge >= 0.3 is 0 Å². The normalized spacial score (nSPS) is 16.1. The Bertz CT molecular complexity index is 1020. The summed E-state index contributed by atoms with van der Waals surface area (Å²) in [5.74, 6) is 0.256. The van der Waals surface area contributed by atoms with E-state index in [4.69, 9.17) is 9.47 Å². The zero-order chi connectivity index (χ0) is 22.5. The molecule has 11 heteroatoms. The van der Waals surface area contributed by atoms with E-state index in [1.165, 1.54) is 13.1 Å². The van der Waals surface area contributed by atoms with E-state index in [0.717, 1.165) is 16.7 Å². The lowest BCUT2D eigenvalue weighted by Crippen LogP contribution is -2.22. The average Bonchev–Trinajstić information content (AvgIpc) is 2.98. The number of phenols is 1. The van der Waals surface area contributed by atoms with Crippen LogP contribution in [0, 0.1) is 0 Å². The van der Waals surface area contributed by atoms with Crippen molar-refractivity contribution in [1.82, 2.24) is 14.9 Å². The number of thioether (sulfide) groups is 1. The molecule has 1 aliphatic heterocycles. The molecule has 0 saturated carbocycles. The molecule has 1 aromatic carbocycles. The van der Waals surface area contributed by atoms with Crippen LogP contribution in [0.15, 0.2) is 33.9 Å². The summed E-state index contributed by atoms with van der Waals surface area (Å²) in [6.45, 7) is 2.94. The van der Waals surface area contributed by atoms with Gasteiger partial charge in [-0.05, 0) is 42.5 Å². The van der Waals surface area contributed by atoms with Gasteiger partial charge in [-0.25, -0.2) is 9.97 Å². The Morgan fingerprint density at radius 3 is 2.65 bits per heavy atom. The maximum Gasteiger partial charge on any atom is 0.293 e. The van der Waals surface area contributed by atoms with Gasteiger partial charge in [-0.2, -0.15) is 0 Å². The van der Waals surface area contributed by atoms with Gasteiger partial charge in [0.05, 0.1) is 11.5 Å². The van der Waals surface area contributed by atoms with E-state index in [-0.39, 0.29) is 22.6 Å². The number of halogens is 1. The van der Waals surface area contributed by atoms with E-state index < -0.39 is 6.10 Å². The molecule has 0 spiro atoms. The number of carbonyl (C=O) groups is 2. The lowest BCUT2D eigenvalue weighted by molar-refractivity contribution is -0.121. The summed E-state index contributed by atoms with van der Waals surface area (Å²) in [6, 6.07) is 3.07. The second-order valence-corrected chi connectivity index (χ2v) is 8.45. The van der Waals surface area contributed by atoms with Crippen LogP contribution in [0.3, 0.4) is 0 Å². The molecule has 1 fully saturated rings. The molecule has 9 nitrogen and oxygen atoms in total. The van der Waals surface area contributed by atoms with Crippen LogP contribution in [0.5, 0.6) is 11.5 Å². The second-order valence-electron chi connectivity index (χ2n) is 6.60. The third-order valence-corrected chi connectivity index (χ3v) is 6.03. The van der Waals surface area contributed by atoms with Gasteiger partial charge in [0.1, 0.15) is 6.10 Å². The van der Waals surface area contributed by atoms with Crippen LogP contribution in [-0.4, -0.2) is 58.4 Å². The Morgan fingerprint density at radius 2 is 2.03 bits per heavy atom. The number of methoxy groups -OCH3 is 1. The number of rotatable bonds is 8. The fourth-order valence-electron chi connectivity index (χ4n) is 2.61. The van der Waals surface area contributed by atoms with Crippen LogP contribution in [0.1, 0.15) is 24.2 Å². The number of carbonyl (C=O) groups excluding carboxylic acids is 2. The molecule has 2 amide bonds. The number of aromatic nitrogens is 2. The third-order valence-electron chi connectivity index (χ3n) is 4.39. The SMILES string of the molecule is COCCNc1ncc(C(C)Oc2cc(/C=C3\SC(=O)N(C)C3=O)c(Br)cc2O)cn1. The molecule has 1 atom stereocenters. The van der Waals surface area contributed by atoms with E-state index in [0.29, 0.717) is 39.6 Å². The van der Waals surface area contributed by atoms with Crippen molar-refractivity contribution in [3.05, 3.63) is 45.0 Å². The maximum absolute atomic E-state index is 12.2. The number of imide groups is 1. The number of likely N-dealkylation sites (N-methyl/N-ethyl adjacent to an activating group) is 1. The number of phenolic OH excluding ortho intramolecular Hbond substituents is 1. The topological polar surface area (TPSA) is 114 Å². The van der Waals surface area contributed by atoms with E-state index in [9.17, 15) is 14.7 Å². The van der Waals surface area contributed by atoms with Crippen LogP contribution in [0.25, 0.3) is 6.08 Å². The Morgan fingerprint density at radius 1 is 1.32 bits per heavy atom. The predicted octanol–water partition coefficient (Wildman–Crippen LogP) is 3.81. The highest BCUT2D eigenvalue weighted by molar-refractivity contribution is 9.10. The van der Waals surface area contributed by atoms with Crippen molar-refractivity contribution in [2.45, 2.75) is 13.0 Å². The molecular weight excluding hydrogens is 488 g/mol. The van der Waals surface area contributed by atoms with Gasteiger partial charge < -0.3 is 19.9 Å². The fourth-order valence-corrected chi connectivity index (χ4v) is 3.88. The van der Waals surface area contributed by atoms with E-state index in [1.807, 2.05) is 0 Å². The number of nitrogens with zero attached hydrogens (tertiary/aromatic N) is 3. The van der Waals surface area contributed by atoms with Gasteiger partial charge in [0.25, 0.3) is 11.1 Å². The number of anilines is 1. The molecule has 2 N–H and O–H groups in total. The number of aromatic hydroxyl groups is 1. The predicted molar refractivity (Wildman–Crippen MR) is 121 cm³/mol. The first-order valence-corrected chi connectivity index (χ1v) is 10.9. The van der Waals surface area contributed by atoms with Gasteiger partial charge in [-0.1, -0.05) is 15.9 Å². The van der Waals surface area contributed by atoms with Crippen molar-refractivity contribution in [2.24, 2.45) is 0 Å². The number of nitrogens with one attached hydrogen (secondary N) is 1. The molecule has 164 valence electrons. The molecule has 0 radical (unpaired) electrons. The summed E-state index contributed by atoms with van der Waals surface area (Å²) in [7, 11) is 3.05. The van der Waals surface area contributed by atoms with Crippen LogP contribution >= 0.6 is 27.7 Å². The van der Waals surface area contributed by atoms with Crippen molar-refractivity contribution in [3.8, 4) is 11.5 Å². The van der Waals surface area contributed by atoms with Gasteiger partial charge in [0, 0.05) is 43.1 Å². The molecule has 2 heterocycles.